The smallest absolute Gasteiger partial charge is 0.212 e. The van der Waals surface area contributed by atoms with Gasteiger partial charge in [0.05, 0.1) is 30.2 Å². The number of nitriles is 1. The average Bonchev–Trinajstić information content (AvgIpc) is 2.97. The number of nitrogens with zero attached hydrogens (tertiary/aromatic N) is 5. The Morgan fingerprint density at radius 2 is 2.07 bits per heavy atom. The monoisotopic (exact) mass is 558 g/mol. The summed E-state index contributed by atoms with van der Waals surface area (Å²) in [4.78, 5) is 8.34. The molecule has 28 heavy (non-hydrogen) atoms. The van der Waals surface area contributed by atoms with Crippen LogP contribution >= 0.6 is 0 Å². The first-order valence-electron chi connectivity index (χ1n) is 8.09. The Labute approximate surface area is 173 Å². The van der Waals surface area contributed by atoms with Crippen LogP contribution in [-0.4, -0.2) is 19.7 Å². The molecule has 145 valence electrons. The van der Waals surface area contributed by atoms with Crippen LogP contribution in [0.3, 0.4) is 0 Å². The van der Waals surface area contributed by atoms with Crippen LogP contribution in [0.15, 0.2) is 24.4 Å². The van der Waals surface area contributed by atoms with E-state index in [-0.39, 0.29) is 57.4 Å². The molecular weight excluding hydrogens is 543 g/mol. The number of halogens is 1. The summed E-state index contributed by atoms with van der Waals surface area (Å²) in [5.74, 6) is -0.530. The van der Waals surface area contributed by atoms with E-state index >= 15 is 0 Å². The second kappa shape index (κ2) is 8.02. The topological polar surface area (TPSA) is 110 Å². The van der Waals surface area contributed by atoms with E-state index in [0.717, 1.165) is 5.56 Å². The number of aryl methyl sites for hydroxylation is 1. The van der Waals surface area contributed by atoms with Crippen LogP contribution in [0, 0.1) is 17.1 Å². The molecule has 2 aromatic heterocycles. The van der Waals surface area contributed by atoms with Gasteiger partial charge >= 0.3 is 0 Å². The summed E-state index contributed by atoms with van der Waals surface area (Å²) in [6, 6.07) is 6.46. The Morgan fingerprint density at radius 1 is 1.25 bits per heavy atom. The maximum atomic E-state index is 13.6. The molecule has 3 aromatic rings. The van der Waals surface area contributed by atoms with E-state index in [1.807, 2.05) is 0 Å². The zero-order chi connectivity index (χ0) is 19.0. The minimum atomic E-state index is -0.388. The molecule has 1 aromatic carbocycles. The summed E-state index contributed by atoms with van der Waals surface area (Å²) >= 11 is 0. The van der Waals surface area contributed by atoms with Gasteiger partial charge in [-0.2, -0.15) is 10.4 Å². The molecule has 0 aliphatic carbocycles. The van der Waals surface area contributed by atoms with Gasteiger partial charge in [0.15, 0.2) is 0 Å². The zero-order valence-electron chi connectivity index (χ0n) is 14.7. The Hall–Kier alpha value is -2.86. The van der Waals surface area contributed by atoms with Crippen molar-refractivity contribution in [2.75, 3.05) is 0 Å². The number of hydrogen-bond donors (Lipinski definition) is 0. The molecular formula is C18H14FIrN6O2-. The first-order valence-corrected chi connectivity index (χ1v) is 8.09. The van der Waals surface area contributed by atoms with Gasteiger partial charge < -0.3 is 20.2 Å². The van der Waals surface area contributed by atoms with E-state index in [0.29, 0.717) is 28.2 Å². The third kappa shape index (κ3) is 3.60. The summed E-state index contributed by atoms with van der Waals surface area (Å²) in [6.45, 7) is 0.387. The molecule has 0 fully saturated rings. The van der Waals surface area contributed by atoms with E-state index in [1.54, 1.807) is 13.1 Å². The average molecular weight is 558 g/mol. The minimum Gasteiger partial charge on any atom is -0.478 e. The fourth-order valence-electron chi connectivity index (χ4n) is 2.94. The zero-order valence-corrected chi connectivity index (χ0v) is 17.1. The van der Waals surface area contributed by atoms with Crippen molar-refractivity contribution >= 4 is 5.82 Å². The summed E-state index contributed by atoms with van der Waals surface area (Å²) in [6.07, 6.45) is 1.40. The van der Waals surface area contributed by atoms with Crippen molar-refractivity contribution in [3.8, 4) is 23.2 Å². The van der Waals surface area contributed by atoms with Crippen LogP contribution in [0.4, 0.5) is 10.2 Å². The number of nitrogens with one attached hydrogen (secondary N) is 1. The Bertz CT molecular complexity index is 1080. The van der Waals surface area contributed by atoms with E-state index in [9.17, 15) is 9.65 Å². The molecule has 10 heteroatoms. The summed E-state index contributed by atoms with van der Waals surface area (Å²) in [5, 5.41) is 13.8. The van der Waals surface area contributed by atoms with Gasteiger partial charge in [-0.15, -0.1) is 0 Å². The molecule has 8 nitrogen and oxygen atoms in total. The second-order valence-corrected chi connectivity index (χ2v) is 6.01. The molecule has 1 radical (unpaired) electrons. The number of aromatic nitrogens is 4. The fourth-order valence-corrected chi connectivity index (χ4v) is 2.94. The molecule has 0 unspecified atom stereocenters. The largest absolute Gasteiger partial charge is 0.478 e. The number of hydrogen-bond acceptors (Lipinski definition) is 6. The molecule has 0 spiro atoms. The molecule has 4 rings (SSSR count). The van der Waals surface area contributed by atoms with Crippen LogP contribution < -0.4 is 4.74 Å². The molecule has 0 saturated heterocycles. The first-order chi connectivity index (χ1) is 13.1. The Morgan fingerprint density at radius 3 is 2.86 bits per heavy atom. The Kier molecular flexibility index (Phi) is 5.70. The van der Waals surface area contributed by atoms with Gasteiger partial charge in [-0.1, -0.05) is 12.3 Å². The normalized spacial score (nSPS) is 12.9. The van der Waals surface area contributed by atoms with E-state index < -0.39 is 0 Å². The van der Waals surface area contributed by atoms with Crippen LogP contribution in [-0.2, 0) is 51.7 Å². The maximum Gasteiger partial charge on any atom is 0.212 e. The SMILES string of the molecule is Cn1nc2c(c1C#N)-c1cnc([NH-])c(n1)OCc1cc(F)ccc1COC2.[Ir]. The van der Waals surface area contributed by atoms with Crippen molar-refractivity contribution < 1.29 is 34.0 Å². The van der Waals surface area contributed by atoms with E-state index in [1.165, 1.54) is 23.0 Å². The molecule has 2 bridgehead atoms. The predicted molar refractivity (Wildman–Crippen MR) is 92.2 cm³/mol. The van der Waals surface area contributed by atoms with Gasteiger partial charge in [0.2, 0.25) is 5.88 Å². The molecule has 0 amide bonds. The Balaban J connectivity index is 0.00000225. The molecule has 1 aliphatic heterocycles. The van der Waals surface area contributed by atoms with E-state index in [2.05, 4.69) is 21.1 Å². The second-order valence-electron chi connectivity index (χ2n) is 6.01. The molecule has 0 saturated carbocycles. The van der Waals surface area contributed by atoms with Gasteiger partial charge in [0.25, 0.3) is 0 Å². The van der Waals surface area contributed by atoms with Crippen molar-refractivity contribution in [3.05, 3.63) is 58.5 Å². The molecule has 1 N–H and O–H groups in total. The number of ether oxygens (including phenoxy) is 2. The third-order valence-corrected chi connectivity index (χ3v) is 4.25. The number of fused-ring (bicyclic) bond motifs is 5. The van der Waals surface area contributed by atoms with Crippen molar-refractivity contribution in [2.24, 2.45) is 7.05 Å². The van der Waals surface area contributed by atoms with Gasteiger partial charge in [0, 0.05) is 27.2 Å². The summed E-state index contributed by atoms with van der Waals surface area (Å²) in [7, 11) is 1.66. The van der Waals surface area contributed by atoms with Crippen LogP contribution in [0.5, 0.6) is 5.88 Å². The van der Waals surface area contributed by atoms with Crippen LogP contribution in [0.1, 0.15) is 22.5 Å². The molecule has 0 atom stereocenters. The minimum absolute atomic E-state index is 0. The predicted octanol–water partition coefficient (Wildman–Crippen LogP) is 3.18. The number of benzene rings is 1. The molecule has 3 heterocycles. The van der Waals surface area contributed by atoms with Crippen molar-refractivity contribution in [1.82, 2.24) is 19.7 Å². The van der Waals surface area contributed by atoms with Crippen LogP contribution in [0.25, 0.3) is 17.0 Å². The van der Waals surface area contributed by atoms with Crippen molar-refractivity contribution in [3.63, 3.8) is 0 Å². The van der Waals surface area contributed by atoms with Gasteiger partial charge in [-0.05, 0) is 29.1 Å². The van der Waals surface area contributed by atoms with Gasteiger partial charge in [-0.3, -0.25) is 4.68 Å². The summed E-state index contributed by atoms with van der Waals surface area (Å²) < 4.78 is 26.5. The standard InChI is InChI=1S/C18H14FN6O2.Ir/c1-25-15(5-20)16-13-6-22-17(21)18(23-13)27-8-11-4-12(19)3-2-10(11)7-26-9-14(16)24-25;/h2-4,6H,7-9H2,1H3,(H-,21,22);/q-1;. The first kappa shape index (κ1) is 19.9. The van der Waals surface area contributed by atoms with Gasteiger partial charge in [-0.25, -0.2) is 9.37 Å². The summed E-state index contributed by atoms with van der Waals surface area (Å²) in [5.41, 5.74) is 11.0. The quantitative estimate of drug-likeness (QED) is 0.420. The van der Waals surface area contributed by atoms with Crippen molar-refractivity contribution in [1.29, 1.82) is 5.26 Å². The molecule has 1 aliphatic rings. The fraction of sp³-hybridized carbons (Fsp3) is 0.222. The van der Waals surface area contributed by atoms with E-state index in [4.69, 9.17) is 15.2 Å². The maximum absolute atomic E-state index is 13.6. The van der Waals surface area contributed by atoms with Crippen LogP contribution in [0.2, 0.25) is 0 Å². The third-order valence-electron chi connectivity index (χ3n) is 4.25. The van der Waals surface area contributed by atoms with Crippen molar-refractivity contribution in [2.45, 2.75) is 19.8 Å². The number of rotatable bonds is 0. The van der Waals surface area contributed by atoms with Gasteiger partial charge in [0.1, 0.15) is 24.2 Å².